The molecule has 0 unspecified atom stereocenters. The Morgan fingerprint density at radius 3 is 2.32 bits per heavy atom. The number of anilines is 1. The number of rotatable bonds is 3. The molecule has 6 nitrogen and oxygen atoms in total. The van der Waals surface area contributed by atoms with Crippen molar-refractivity contribution >= 4 is 15.8 Å². The normalized spacial score (nSPS) is 27.3. The molecule has 0 bridgehead atoms. The minimum absolute atomic E-state index is 0.151. The van der Waals surface area contributed by atoms with Crippen LogP contribution in [0.3, 0.4) is 0 Å². The van der Waals surface area contributed by atoms with Gasteiger partial charge in [0.25, 0.3) is 0 Å². The highest BCUT2D eigenvalue weighted by Crippen LogP contribution is 2.23. The zero-order chi connectivity index (χ0) is 15.7. The number of hydrogen-bond acceptors (Lipinski definition) is 5. The van der Waals surface area contributed by atoms with Crippen molar-refractivity contribution < 1.29 is 13.2 Å². The summed E-state index contributed by atoms with van der Waals surface area (Å²) in [6.07, 6.45) is 3.66. The third-order valence-electron chi connectivity index (χ3n) is 4.17. The van der Waals surface area contributed by atoms with Gasteiger partial charge in [-0.2, -0.15) is 4.31 Å². The summed E-state index contributed by atoms with van der Waals surface area (Å²) >= 11 is 0. The maximum Gasteiger partial charge on any atom is 0.244 e. The van der Waals surface area contributed by atoms with E-state index in [9.17, 15) is 8.42 Å². The molecule has 7 heteroatoms. The molecule has 2 saturated heterocycles. The zero-order valence-corrected chi connectivity index (χ0v) is 13.9. The first-order valence-electron chi connectivity index (χ1n) is 7.83. The van der Waals surface area contributed by atoms with E-state index in [0.29, 0.717) is 13.1 Å². The van der Waals surface area contributed by atoms with Crippen LogP contribution < -0.4 is 4.90 Å². The molecule has 22 heavy (non-hydrogen) atoms. The number of morpholine rings is 1. The molecular weight excluding hydrogens is 302 g/mol. The van der Waals surface area contributed by atoms with Crippen LogP contribution in [0.15, 0.2) is 23.2 Å². The first kappa shape index (κ1) is 15.7. The van der Waals surface area contributed by atoms with Crippen molar-refractivity contribution in [3.63, 3.8) is 0 Å². The minimum Gasteiger partial charge on any atom is -0.372 e. The summed E-state index contributed by atoms with van der Waals surface area (Å²) in [4.78, 5) is 6.80. The first-order chi connectivity index (χ1) is 10.5. The molecule has 0 aromatic carbocycles. The molecule has 0 amide bonds. The van der Waals surface area contributed by atoms with Gasteiger partial charge in [-0.05, 0) is 38.8 Å². The van der Waals surface area contributed by atoms with Crippen LogP contribution in [0.2, 0.25) is 0 Å². The van der Waals surface area contributed by atoms with Crippen molar-refractivity contribution in [1.82, 2.24) is 9.29 Å². The van der Waals surface area contributed by atoms with Gasteiger partial charge in [0.15, 0.2) is 0 Å². The molecule has 122 valence electrons. The molecule has 0 N–H and O–H groups in total. The Balaban J connectivity index is 1.78. The molecule has 2 atom stereocenters. The van der Waals surface area contributed by atoms with Crippen LogP contribution >= 0.6 is 0 Å². The van der Waals surface area contributed by atoms with Crippen LogP contribution in [0, 0.1) is 0 Å². The monoisotopic (exact) mass is 325 g/mol. The standard InChI is InChI=1S/C15H23N3O3S/c1-12-10-17(11-13(2)21-12)15-6-5-14(9-16-15)22(19,20)18-7-3-4-8-18/h5-6,9,12-13H,3-4,7-8,10-11H2,1-2H3/t12-,13-/m0/s1. The van der Waals surface area contributed by atoms with Gasteiger partial charge < -0.3 is 9.64 Å². The molecule has 0 aliphatic carbocycles. The van der Waals surface area contributed by atoms with E-state index in [1.165, 1.54) is 6.20 Å². The summed E-state index contributed by atoms with van der Waals surface area (Å²) in [5.41, 5.74) is 0. The van der Waals surface area contributed by atoms with Gasteiger partial charge >= 0.3 is 0 Å². The van der Waals surface area contributed by atoms with E-state index in [0.717, 1.165) is 31.7 Å². The predicted molar refractivity (Wildman–Crippen MR) is 84.5 cm³/mol. The van der Waals surface area contributed by atoms with Gasteiger partial charge in [0.05, 0.1) is 12.2 Å². The second-order valence-corrected chi connectivity index (χ2v) is 8.06. The quantitative estimate of drug-likeness (QED) is 0.842. The lowest BCUT2D eigenvalue weighted by Crippen LogP contribution is -2.45. The van der Waals surface area contributed by atoms with E-state index in [2.05, 4.69) is 9.88 Å². The maximum absolute atomic E-state index is 12.5. The van der Waals surface area contributed by atoms with Gasteiger partial charge in [0.1, 0.15) is 10.7 Å². The van der Waals surface area contributed by atoms with Crippen molar-refractivity contribution in [2.24, 2.45) is 0 Å². The lowest BCUT2D eigenvalue weighted by Gasteiger charge is -2.36. The summed E-state index contributed by atoms with van der Waals surface area (Å²) in [6, 6.07) is 3.47. The van der Waals surface area contributed by atoms with Gasteiger partial charge in [0, 0.05) is 32.4 Å². The Labute approximate surface area is 132 Å². The smallest absolute Gasteiger partial charge is 0.244 e. The molecular formula is C15H23N3O3S. The largest absolute Gasteiger partial charge is 0.372 e. The van der Waals surface area contributed by atoms with E-state index >= 15 is 0 Å². The Morgan fingerprint density at radius 2 is 1.77 bits per heavy atom. The highest BCUT2D eigenvalue weighted by atomic mass is 32.2. The van der Waals surface area contributed by atoms with Gasteiger partial charge in [-0.1, -0.05) is 0 Å². The van der Waals surface area contributed by atoms with E-state index in [4.69, 9.17) is 4.74 Å². The van der Waals surface area contributed by atoms with Gasteiger partial charge in [-0.15, -0.1) is 0 Å². The molecule has 2 aliphatic heterocycles. The van der Waals surface area contributed by atoms with Gasteiger partial charge in [-0.25, -0.2) is 13.4 Å². The van der Waals surface area contributed by atoms with Crippen molar-refractivity contribution in [3.05, 3.63) is 18.3 Å². The lowest BCUT2D eigenvalue weighted by molar-refractivity contribution is -0.00546. The first-order valence-corrected chi connectivity index (χ1v) is 9.27. The van der Waals surface area contributed by atoms with E-state index < -0.39 is 10.0 Å². The highest BCUT2D eigenvalue weighted by Gasteiger charge is 2.28. The molecule has 1 aromatic heterocycles. The second-order valence-electron chi connectivity index (χ2n) is 6.13. The van der Waals surface area contributed by atoms with Crippen LogP contribution in [0.25, 0.3) is 0 Å². The van der Waals surface area contributed by atoms with Crippen LogP contribution in [0.4, 0.5) is 5.82 Å². The Bertz CT molecular complexity index is 601. The summed E-state index contributed by atoms with van der Waals surface area (Å²) in [5, 5.41) is 0. The van der Waals surface area contributed by atoms with Gasteiger partial charge in [-0.3, -0.25) is 0 Å². The van der Waals surface area contributed by atoms with Gasteiger partial charge in [0.2, 0.25) is 10.0 Å². The molecule has 2 aliphatic rings. The lowest BCUT2D eigenvalue weighted by atomic mass is 10.2. The fourth-order valence-electron chi connectivity index (χ4n) is 3.15. The molecule has 0 saturated carbocycles. The summed E-state index contributed by atoms with van der Waals surface area (Å²) < 4.78 is 32.2. The van der Waals surface area contributed by atoms with Crippen LogP contribution in [-0.4, -0.2) is 56.1 Å². The average molecular weight is 325 g/mol. The molecule has 3 heterocycles. The fraction of sp³-hybridized carbons (Fsp3) is 0.667. The van der Waals surface area contributed by atoms with E-state index in [1.54, 1.807) is 16.4 Å². The molecule has 0 radical (unpaired) electrons. The number of aromatic nitrogens is 1. The minimum atomic E-state index is -3.38. The Kier molecular flexibility index (Phi) is 4.38. The topological polar surface area (TPSA) is 62.7 Å². The predicted octanol–water partition coefficient (Wildman–Crippen LogP) is 1.48. The fourth-order valence-corrected chi connectivity index (χ4v) is 4.62. The number of hydrogen-bond donors (Lipinski definition) is 0. The van der Waals surface area contributed by atoms with Crippen molar-refractivity contribution in [2.45, 2.75) is 43.8 Å². The third-order valence-corrected chi connectivity index (χ3v) is 6.05. The zero-order valence-electron chi connectivity index (χ0n) is 13.1. The summed E-state index contributed by atoms with van der Waals surface area (Å²) in [7, 11) is -3.38. The third kappa shape index (κ3) is 3.11. The Hall–Kier alpha value is -1.18. The van der Waals surface area contributed by atoms with Crippen molar-refractivity contribution in [3.8, 4) is 0 Å². The van der Waals surface area contributed by atoms with Crippen molar-refractivity contribution in [1.29, 1.82) is 0 Å². The number of pyridine rings is 1. The van der Waals surface area contributed by atoms with Crippen LogP contribution in [-0.2, 0) is 14.8 Å². The van der Waals surface area contributed by atoms with E-state index in [-0.39, 0.29) is 17.1 Å². The molecule has 2 fully saturated rings. The number of ether oxygens (including phenoxy) is 1. The molecule has 1 aromatic rings. The van der Waals surface area contributed by atoms with Crippen molar-refractivity contribution in [2.75, 3.05) is 31.1 Å². The molecule has 3 rings (SSSR count). The maximum atomic E-state index is 12.5. The SMILES string of the molecule is C[C@H]1CN(c2ccc(S(=O)(=O)N3CCCC3)cn2)C[C@H](C)O1. The summed E-state index contributed by atoms with van der Waals surface area (Å²) in [6.45, 7) is 6.85. The Morgan fingerprint density at radius 1 is 1.14 bits per heavy atom. The van der Waals surface area contributed by atoms with Crippen LogP contribution in [0.1, 0.15) is 26.7 Å². The number of nitrogens with zero attached hydrogens (tertiary/aromatic N) is 3. The van der Waals surface area contributed by atoms with Crippen LogP contribution in [0.5, 0.6) is 0 Å². The van der Waals surface area contributed by atoms with E-state index in [1.807, 2.05) is 13.8 Å². The highest BCUT2D eigenvalue weighted by molar-refractivity contribution is 7.89. The average Bonchev–Trinajstić information content (AvgIpc) is 3.01. The molecule has 0 spiro atoms. The number of sulfonamides is 1. The second kappa shape index (κ2) is 6.14. The summed E-state index contributed by atoms with van der Waals surface area (Å²) in [5.74, 6) is 0.808.